The van der Waals surface area contributed by atoms with Crippen LogP contribution in [0.1, 0.15) is 17.6 Å². The molecule has 11 heteroatoms. The van der Waals surface area contributed by atoms with Crippen LogP contribution in [0.15, 0.2) is 12.1 Å². The Balaban J connectivity index is 3.70. The molecule has 0 aliphatic carbocycles. The maximum absolute atomic E-state index is 13.7. The van der Waals surface area contributed by atoms with E-state index in [9.17, 15) is 39.5 Å². The molecule has 1 nitrogen and oxygen atoms in total. The normalized spacial score (nSPS) is 13.9. The number of nitrogens with two attached hydrogens (primary N) is 1. The van der Waals surface area contributed by atoms with Crippen LogP contribution >= 0.6 is 11.6 Å². The van der Waals surface area contributed by atoms with E-state index < -0.39 is 46.3 Å². The first-order valence-corrected chi connectivity index (χ1v) is 5.31. The van der Waals surface area contributed by atoms with E-state index in [1.54, 1.807) is 0 Å². The van der Waals surface area contributed by atoms with Crippen LogP contribution in [0.2, 0.25) is 5.02 Å². The van der Waals surface area contributed by atoms with Gasteiger partial charge in [-0.05, 0) is 12.1 Å². The molecular weight excluding hydrogens is 341 g/mol. The monoisotopic (exact) mass is 345 g/mol. The van der Waals surface area contributed by atoms with Crippen molar-refractivity contribution in [3.8, 4) is 0 Å². The van der Waals surface area contributed by atoms with Crippen molar-refractivity contribution in [2.45, 2.75) is 24.4 Å². The number of hydrogen-bond acceptors (Lipinski definition) is 1. The second kappa shape index (κ2) is 5.15. The Kier molecular flexibility index (Phi) is 4.35. The Labute approximate surface area is 116 Å². The van der Waals surface area contributed by atoms with E-state index >= 15 is 0 Å². The zero-order chi connectivity index (χ0) is 16.8. The van der Waals surface area contributed by atoms with Crippen molar-refractivity contribution in [1.82, 2.24) is 0 Å². The highest BCUT2D eigenvalue weighted by Gasteiger charge is 2.73. The molecule has 1 aromatic carbocycles. The summed E-state index contributed by atoms with van der Waals surface area (Å²) in [6, 6.07) is -0.378. The summed E-state index contributed by atoms with van der Waals surface area (Å²) >= 11 is 5.21. The van der Waals surface area contributed by atoms with Crippen LogP contribution in [0.5, 0.6) is 0 Å². The van der Waals surface area contributed by atoms with Gasteiger partial charge < -0.3 is 5.73 Å². The van der Waals surface area contributed by atoms with Gasteiger partial charge in [-0.2, -0.15) is 26.3 Å². The highest BCUT2D eigenvalue weighted by atomic mass is 35.5. The molecule has 0 saturated carbocycles. The number of nitrogen functional groups attached to an aromatic ring is 1. The Morgan fingerprint density at radius 3 is 1.67 bits per heavy atom. The third-order valence-electron chi connectivity index (χ3n) is 2.58. The van der Waals surface area contributed by atoms with Gasteiger partial charge in [0.2, 0.25) is 0 Å². The van der Waals surface area contributed by atoms with E-state index in [1.807, 2.05) is 0 Å². The van der Waals surface area contributed by atoms with Crippen LogP contribution in [0.25, 0.3) is 0 Å². The third-order valence-corrected chi connectivity index (χ3v) is 2.89. The number of rotatable bonds is 2. The average Bonchev–Trinajstić information content (AvgIpc) is 2.27. The highest BCUT2D eigenvalue weighted by Crippen LogP contribution is 2.54. The predicted octanol–water partition coefficient (Wildman–Crippen LogP) is 5.15. The van der Waals surface area contributed by atoms with Gasteiger partial charge in [-0.1, -0.05) is 11.6 Å². The average molecular weight is 346 g/mol. The first-order chi connectivity index (χ1) is 9.23. The summed E-state index contributed by atoms with van der Waals surface area (Å²) in [7, 11) is 0. The lowest BCUT2D eigenvalue weighted by Crippen LogP contribution is -2.50. The Morgan fingerprint density at radius 2 is 1.33 bits per heavy atom. The summed E-state index contributed by atoms with van der Waals surface area (Å²) in [5, 5.41) is -1.04. The van der Waals surface area contributed by atoms with Crippen LogP contribution in [-0.4, -0.2) is 12.4 Å². The lowest BCUT2D eigenvalue weighted by molar-refractivity contribution is -0.348. The van der Waals surface area contributed by atoms with Gasteiger partial charge in [0.05, 0.1) is 10.7 Å². The van der Waals surface area contributed by atoms with Crippen LogP contribution in [-0.2, 0) is 5.67 Å². The van der Waals surface area contributed by atoms with Gasteiger partial charge in [0.25, 0.3) is 6.43 Å². The lowest BCUT2D eigenvalue weighted by Gasteiger charge is -2.31. The largest absolute Gasteiger partial charge is 0.435 e. The van der Waals surface area contributed by atoms with Crippen molar-refractivity contribution >= 4 is 17.3 Å². The lowest BCUT2D eigenvalue weighted by atomic mass is 9.92. The smallest absolute Gasteiger partial charge is 0.397 e. The van der Waals surface area contributed by atoms with Gasteiger partial charge in [0.1, 0.15) is 0 Å². The number of hydrogen-bond donors (Lipinski definition) is 1. The van der Waals surface area contributed by atoms with Gasteiger partial charge in [-0.25, -0.2) is 13.2 Å². The number of anilines is 1. The fourth-order valence-electron chi connectivity index (χ4n) is 1.51. The molecule has 2 N–H and O–H groups in total. The van der Waals surface area contributed by atoms with Crippen molar-refractivity contribution < 1.29 is 39.5 Å². The molecule has 0 saturated heterocycles. The van der Waals surface area contributed by atoms with E-state index in [2.05, 4.69) is 0 Å². The zero-order valence-electron chi connectivity index (χ0n) is 9.59. The Hall–Kier alpha value is -1.32. The Bertz CT molecular complexity index is 521. The van der Waals surface area contributed by atoms with E-state index in [0.29, 0.717) is 0 Å². The minimum absolute atomic E-state index is 0.0796. The first-order valence-electron chi connectivity index (χ1n) is 4.93. The van der Waals surface area contributed by atoms with Gasteiger partial charge in [0.15, 0.2) is 0 Å². The SMILES string of the molecule is Nc1c(Cl)cc(C(F)(C(F)(F)F)C(F)(F)F)cc1C(F)F. The maximum atomic E-state index is 13.7. The highest BCUT2D eigenvalue weighted by molar-refractivity contribution is 6.33. The van der Waals surface area contributed by atoms with E-state index in [4.69, 9.17) is 17.3 Å². The molecule has 0 aromatic heterocycles. The van der Waals surface area contributed by atoms with Crippen LogP contribution < -0.4 is 5.73 Å². The number of benzene rings is 1. The van der Waals surface area contributed by atoms with Gasteiger partial charge in [-0.3, -0.25) is 0 Å². The Morgan fingerprint density at radius 1 is 0.905 bits per heavy atom. The van der Waals surface area contributed by atoms with Gasteiger partial charge >= 0.3 is 18.0 Å². The summed E-state index contributed by atoms with van der Waals surface area (Å²) < 4.78 is 114. The summed E-state index contributed by atoms with van der Waals surface area (Å²) in [4.78, 5) is 0. The number of alkyl halides is 9. The fourth-order valence-corrected chi connectivity index (χ4v) is 1.73. The van der Waals surface area contributed by atoms with Gasteiger partial charge in [-0.15, -0.1) is 0 Å². The fraction of sp³-hybridized carbons (Fsp3) is 0.400. The summed E-state index contributed by atoms with van der Waals surface area (Å²) in [5.41, 5.74) is -5.29. The molecule has 120 valence electrons. The molecular formula is C10H5ClF9N. The van der Waals surface area contributed by atoms with Crippen LogP contribution in [0.4, 0.5) is 45.2 Å². The molecule has 0 amide bonds. The van der Waals surface area contributed by atoms with E-state index in [0.717, 1.165) is 0 Å². The second-order valence-electron chi connectivity index (χ2n) is 3.92. The standard InChI is InChI=1S/C10H5ClF9N/c11-5-2-3(1-4(6(5)21)7(12)13)8(14,9(15,16)17)10(18,19)20/h1-2,7H,21H2. The third kappa shape index (κ3) is 2.85. The molecule has 0 fully saturated rings. The minimum atomic E-state index is -6.43. The van der Waals surface area contributed by atoms with Crippen molar-refractivity contribution in [1.29, 1.82) is 0 Å². The predicted molar refractivity (Wildman–Crippen MR) is 55.7 cm³/mol. The molecule has 0 spiro atoms. The number of halogens is 10. The molecule has 0 aliphatic rings. The second-order valence-corrected chi connectivity index (χ2v) is 4.32. The van der Waals surface area contributed by atoms with E-state index in [1.165, 1.54) is 0 Å². The molecule has 0 bridgehead atoms. The summed E-state index contributed by atoms with van der Waals surface area (Å²) in [6.45, 7) is 0. The quantitative estimate of drug-likeness (QED) is 0.582. The van der Waals surface area contributed by atoms with Crippen molar-refractivity contribution in [3.05, 3.63) is 28.3 Å². The molecule has 0 atom stereocenters. The molecule has 0 radical (unpaired) electrons. The molecule has 0 unspecified atom stereocenters. The molecule has 21 heavy (non-hydrogen) atoms. The zero-order valence-corrected chi connectivity index (χ0v) is 10.3. The first kappa shape index (κ1) is 17.7. The van der Waals surface area contributed by atoms with Crippen molar-refractivity contribution in [2.75, 3.05) is 5.73 Å². The maximum Gasteiger partial charge on any atom is 0.435 e. The van der Waals surface area contributed by atoms with Crippen molar-refractivity contribution in [2.24, 2.45) is 0 Å². The molecule has 0 heterocycles. The molecule has 1 aromatic rings. The molecule has 0 aliphatic heterocycles. The summed E-state index contributed by atoms with van der Waals surface area (Å²) in [5.74, 6) is 0. The van der Waals surface area contributed by atoms with Crippen LogP contribution in [0.3, 0.4) is 0 Å². The topological polar surface area (TPSA) is 26.0 Å². The summed E-state index contributed by atoms with van der Waals surface area (Å²) in [6.07, 6.45) is -16.4. The minimum Gasteiger partial charge on any atom is -0.397 e. The van der Waals surface area contributed by atoms with Crippen molar-refractivity contribution in [3.63, 3.8) is 0 Å². The van der Waals surface area contributed by atoms with Crippen LogP contribution in [0, 0.1) is 0 Å². The molecule has 1 rings (SSSR count). The van der Waals surface area contributed by atoms with Gasteiger partial charge in [0, 0.05) is 11.1 Å². The van der Waals surface area contributed by atoms with E-state index in [-0.39, 0.29) is 12.1 Å².